The summed E-state index contributed by atoms with van der Waals surface area (Å²) in [6, 6.07) is -2.36. The van der Waals surface area contributed by atoms with Gasteiger partial charge in [0.1, 0.15) is 18.3 Å². The molecule has 0 saturated heterocycles. The molecule has 0 aliphatic carbocycles. The number of rotatable bonds is 17. The summed E-state index contributed by atoms with van der Waals surface area (Å²) < 4.78 is 0. The highest BCUT2D eigenvalue weighted by atomic mass is 16.4. The van der Waals surface area contributed by atoms with Crippen LogP contribution in [0.1, 0.15) is 0 Å². The van der Waals surface area contributed by atoms with E-state index in [0.717, 1.165) is 0 Å². The third kappa shape index (κ3) is 8.85. The number of hydrogen-bond donors (Lipinski definition) is 10. The Hall–Kier alpha value is -2.93. The Morgan fingerprint density at radius 1 is 0.727 bits per heavy atom. The molecule has 0 aromatic rings. The zero-order chi connectivity index (χ0) is 26.1. The van der Waals surface area contributed by atoms with Gasteiger partial charge < -0.3 is 51.1 Å². The molecule has 0 aliphatic heterocycles. The van der Waals surface area contributed by atoms with Crippen molar-refractivity contribution in [1.82, 2.24) is 9.80 Å². The fraction of sp³-hybridized carbons (Fsp3) is 0.688. The molecule has 0 aliphatic rings. The summed E-state index contributed by atoms with van der Waals surface area (Å²) in [6.07, 6.45) is -7.68. The molecule has 0 amide bonds. The lowest BCUT2D eigenvalue weighted by Crippen LogP contribution is -2.71. The maximum atomic E-state index is 12.0. The molecular formula is C16H26N2O15. The van der Waals surface area contributed by atoms with E-state index in [-0.39, 0.29) is 4.90 Å². The van der Waals surface area contributed by atoms with Gasteiger partial charge in [0.05, 0.1) is 38.8 Å². The third-order valence-electron chi connectivity index (χ3n) is 4.47. The first kappa shape index (κ1) is 30.1. The van der Waals surface area contributed by atoms with Crippen molar-refractivity contribution >= 4 is 29.8 Å². The summed E-state index contributed by atoms with van der Waals surface area (Å²) >= 11 is 0. The second kappa shape index (κ2) is 12.9. The van der Waals surface area contributed by atoms with Crippen LogP contribution in [0.2, 0.25) is 0 Å². The van der Waals surface area contributed by atoms with Crippen LogP contribution < -0.4 is 0 Å². The molecule has 0 fully saturated rings. The van der Waals surface area contributed by atoms with Gasteiger partial charge in [0.25, 0.3) is 0 Å². The van der Waals surface area contributed by atoms with Gasteiger partial charge in [0.15, 0.2) is 0 Å². The number of nitrogens with zero attached hydrogens (tertiary/aromatic N) is 2. The lowest BCUT2D eigenvalue weighted by Gasteiger charge is -2.44. The maximum Gasteiger partial charge on any atom is 0.340 e. The fourth-order valence-corrected chi connectivity index (χ4v) is 3.01. The van der Waals surface area contributed by atoms with Gasteiger partial charge in [-0.1, -0.05) is 0 Å². The highest BCUT2D eigenvalue weighted by Gasteiger charge is 2.56. The average molecular weight is 486 g/mol. The van der Waals surface area contributed by atoms with Crippen molar-refractivity contribution in [2.45, 2.75) is 30.0 Å². The van der Waals surface area contributed by atoms with Crippen molar-refractivity contribution in [2.24, 2.45) is 0 Å². The van der Waals surface area contributed by atoms with E-state index in [1.807, 2.05) is 0 Å². The first-order valence-corrected chi connectivity index (χ1v) is 9.02. The third-order valence-corrected chi connectivity index (χ3v) is 4.47. The van der Waals surface area contributed by atoms with Gasteiger partial charge in [0, 0.05) is 6.54 Å². The molecule has 190 valence electrons. The lowest BCUT2D eigenvalue weighted by atomic mass is 9.82. The van der Waals surface area contributed by atoms with Crippen molar-refractivity contribution < 1.29 is 75.0 Å². The summed E-state index contributed by atoms with van der Waals surface area (Å²) in [5.41, 5.74) is -3.70. The van der Waals surface area contributed by atoms with Gasteiger partial charge in [-0.05, 0) is 0 Å². The zero-order valence-electron chi connectivity index (χ0n) is 17.0. The number of carbonyl (C=O) groups is 5. The molecule has 0 rings (SSSR count). The van der Waals surface area contributed by atoms with E-state index < -0.39 is 99.1 Å². The Balaban J connectivity index is 6.73. The van der Waals surface area contributed by atoms with Crippen LogP contribution >= 0.6 is 0 Å². The second-order valence-corrected chi connectivity index (χ2v) is 6.98. The van der Waals surface area contributed by atoms with Crippen molar-refractivity contribution in [3.63, 3.8) is 0 Å². The predicted octanol–water partition coefficient (Wildman–Crippen LogP) is -5.81. The summed E-state index contributed by atoms with van der Waals surface area (Å²) in [6.45, 7) is -7.12. The molecule has 0 aromatic carbocycles. The number of hydrogen-bond acceptors (Lipinski definition) is 12. The Morgan fingerprint density at radius 3 is 1.42 bits per heavy atom. The van der Waals surface area contributed by atoms with Crippen molar-refractivity contribution in [2.75, 3.05) is 39.3 Å². The predicted molar refractivity (Wildman–Crippen MR) is 100 cm³/mol. The van der Waals surface area contributed by atoms with Gasteiger partial charge in [0.2, 0.25) is 5.60 Å². The van der Waals surface area contributed by atoms with Gasteiger partial charge in [-0.3, -0.25) is 29.0 Å². The number of aliphatic hydroxyl groups excluding tert-OH is 4. The van der Waals surface area contributed by atoms with Crippen LogP contribution in [0, 0.1) is 0 Å². The first-order chi connectivity index (χ1) is 15.1. The van der Waals surface area contributed by atoms with E-state index in [2.05, 4.69) is 0 Å². The number of aliphatic hydroxyl groups is 5. The molecule has 0 aromatic heterocycles. The zero-order valence-corrected chi connectivity index (χ0v) is 17.0. The van der Waals surface area contributed by atoms with Crippen LogP contribution in [0.25, 0.3) is 0 Å². The molecule has 0 heterocycles. The standard InChI is InChI=1S/C16H26N2O15/c19-6-7(20)13(29)14(30)16(33,15(31)32)8(18(4-11(25)26)5-12(27)28)1-17(2-9(21)22)3-10(23)24/h7-8,13-14,19-20,29-30,33H,1-6H2,(H,21,22)(H,23,24)(H,25,26)(H,27,28)(H,31,32)/t7-,8?,13-,14+,16-/m1/s1. The van der Waals surface area contributed by atoms with E-state index in [9.17, 15) is 49.5 Å². The highest BCUT2D eigenvalue weighted by Crippen LogP contribution is 2.26. The molecule has 10 N–H and O–H groups in total. The summed E-state index contributed by atoms with van der Waals surface area (Å²) in [4.78, 5) is 57.4. The monoisotopic (exact) mass is 486 g/mol. The number of aliphatic carboxylic acids is 5. The van der Waals surface area contributed by atoms with Gasteiger partial charge in [-0.2, -0.15) is 0 Å². The largest absolute Gasteiger partial charge is 0.480 e. The minimum atomic E-state index is -3.70. The second-order valence-electron chi connectivity index (χ2n) is 6.98. The number of carboxylic acids is 5. The molecular weight excluding hydrogens is 460 g/mol. The molecule has 0 saturated carbocycles. The quantitative estimate of drug-likeness (QED) is 0.0915. The molecule has 0 spiro atoms. The Morgan fingerprint density at radius 2 is 1.12 bits per heavy atom. The summed E-state index contributed by atoms with van der Waals surface area (Å²) in [5.74, 6) is -9.12. The normalized spacial score (nSPS) is 17.1. The highest BCUT2D eigenvalue weighted by molar-refractivity contribution is 5.80. The van der Waals surface area contributed by atoms with E-state index in [0.29, 0.717) is 4.90 Å². The fourth-order valence-electron chi connectivity index (χ4n) is 3.01. The average Bonchev–Trinajstić information content (AvgIpc) is 2.67. The Labute approximate surface area is 184 Å². The van der Waals surface area contributed by atoms with Crippen molar-refractivity contribution in [1.29, 1.82) is 0 Å². The van der Waals surface area contributed by atoms with Crippen LogP contribution in [0.3, 0.4) is 0 Å². The molecule has 0 bridgehead atoms. The van der Waals surface area contributed by atoms with E-state index in [4.69, 9.17) is 25.5 Å². The van der Waals surface area contributed by atoms with Crippen molar-refractivity contribution in [3.05, 3.63) is 0 Å². The maximum absolute atomic E-state index is 12.0. The number of carboxylic acid groups (broad SMARTS) is 5. The molecule has 33 heavy (non-hydrogen) atoms. The molecule has 17 heteroatoms. The van der Waals surface area contributed by atoms with Crippen LogP contribution in [0.15, 0.2) is 0 Å². The van der Waals surface area contributed by atoms with Crippen LogP contribution in [-0.2, 0) is 24.0 Å². The minimum Gasteiger partial charge on any atom is -0.480 e. The van der Waals surface area contributed by atoms with E-state index in [1.165, 1.54) is 0 Å². The SMILES string of the molecule is O=C(O)CN(CC(=O)O)CC(N(CC(=O)O)CC(=O)O)[C@](O)(C(=O)O)[C@@H](O)[C@H](O)[C@H](O)CO. The molecule has 17 nitrogen and oxygen atoms in total. The van der Waals surface area contributed by atoms with Crippen LogP contribution in [-0.4, -0.2) is 160 Å². The minimum absolute atomic E-state index is 0.288. The van der Waals surface area contributed by atoms with Gasteiger partial charge >= 0.3 is 29.8 Å². The first-order valence-electron chi connectivity index (χ1n) is 9.02. The Kier molecular flexibility index (Phi) is 11.8. The smallest absolute Gasteiger partial charge is 0.340 e. The topological polar surface area (TPSA) is 294 Å². The van der Waals surface area contributed by atoms with Crippen LogP contribution in [0.4, 0.5) is 0 Å². The Bertz CT molecular complexity index is 699. The lowest BCUT2D eigenvalue weighted by molar-refractivity contribution is -0.209. The van der Waals surface area contributed by atoms with E-state index in [1.54, 1.807) is 0 Å². The summed E-state index contributed by atoms with van der Waals surface area (Å²) in [7, 11) is 0. The van der Waals surface area contributed by atoms with Gasteiger partial charge in [-0.25, -0.2) is 4.79 Å². The van der Waals surface area contributed by atoms with Gasteiger partial charge in [-0.15, -0.1) is 0 Å². The summed E-state index contributed by atoms with van der Waals surface area (Å²) in [5, 5.41) is 95.5. The molecule has 1 unspecified atom stereocenters. The molecule has 0 radical (unpaired) electrons. The van der Waals surface area contributed by atoms with Crippen LogP contribution in [0.5, 0.6) is 0 Å². The van der Waals surface area contributed by atoms with E-state index >= 15 is 0 Å². The van der Waals surface area contributed by atoms with Crippen molar-refractivity contribution in [3.8, 4) is 0 Å². The molecule has 5 atom stereocenters.